The van der Waals surface area contributed by atoms with Crippen LogP contribution in [0, 0.1) is 0 Å². The molecule has 0 aromatic heterocycles. The van der Waals surface area contributed by atoms with Gasteiger partial charge in [0.05, 0.1) is 17.2 Å². The number of benzene rings is 1. The summed E-state index contributed by atoms with van der Waals surface area (Å²) >= 11 is 3.09. The molecule has 0 aliphatic heterocycles. The quantitative estimate of drug-likeness (QED) is 0.899. The Balaban J connectivity index is 2.62. The molecule has 0 amide bonds. The van der Waals surface area contributed by atoms with E-state index in [2.05, 4.69) is 20.7 Å². The van der Waals surface area contributed by atoms with Crippen molar-refractivity contribution < 1.29 is 27.8 Å². The van der Waals surface area contributed by atoms with Crippen LogP contribution in [0.3, 0.4) is 0 Å². The van der Waals surface area contributed by atoms with Crippen molar-refractivity contribution >= 4 is 15.9 Å². The SMILES string of the molecule is CC(O)CCOc1ccc(OC(F)(F)F)cc1Br. The molecular formula is C11H12BrF3O3. The topological polar surface area (TPSA) is 38.7 Å². The predicted molar refractivity (Wildman–Crippen MR) is 62.6 cm³/mol. The second-order valence-corrected chi connectivity index (χ2v) is 4.48. The highest BCUT2D eigenvalue weighted by atomic mass is 79.9. The third-order valence-electron chi connectivity index (χ3n) is 1.93. The summed E-state index contributed by atoms with van der Waals surface area (Å²) in [7, 11) is 0. The fraction of sp³-hybridized carbons (Fsp3) is 0.455. The van der Waals surface area contributed by atoms with Gasteiger partial charge in [-0.15, -0.1) is 13.2 Å². The first-order chi connectivity index (χ1) is 8.28. The van der Waals surface area contributed by atoms with Gasteiger partial charge >= 0.3 is 6.36 Å². The lowest BCUT2D eigenvalue weighted by atomic mass is 10.3. The molecule has 7 heteroatoms. The number of aliphatic hydroxyl groups excluding tert-OH is 1. The Morgan fingerprint density at radius 2 is 2.06 bits per heavy atom. The molecule has 0 spiro atoms. The molecule has 1 unspecified atom stereocenters. The van der Waals surface area contributed by atoms with Crippen molar-refractivity contribution in [3.05, 3.63) is 22.7 Å². The molecule has 1 atom stereocenters. The van der Waals surface area contributed by atoms with Gasteiger partial charge in [0.25, 0.3) is 0 Å². The maximum Gasteiger partial charge on any atom is 0.573 e. The molecule has 102 valence electrons. The highest BCUT2D eigenvalue weighted by Gasteiger charge is 2.31. The number of alkyl halides is 3. The maximum atomic E-state index is 12.0. The Morgan fingerprint density at radius 1 is 1.39 bits per heavy atom. The summed E-state index contributed by atoms with van der Waals surface area (Å²) in [6.45, 7) is 1.90. The minimum atomic E-state index is -4.71. The molecule has 0 aliphatic rings. The summed E-state index contributed by atoms with van der Waals surface area (Å²) in [6.07, 6.45) is -4.77. The standard InChI is InChI=1S/C11H12BrF3O3/c1-7(16)4-5-17-10-3-2-8(6-9(10)12)18-11(13,14)15/h2-3,6-7,16H,4-5H2,1H3. The van der Waals surface area contributed by atoms with Gasteiger partial charge < -0.3 is 14.6 Å². The van der Waals surface area contributed by atoms with Crippen LogP contribution in [0.2, 0.25) is 0 Å². The Bertz CT molecular complexity index is 394. The lowest BCUT2D eigenvalue weighted by Crippen LogP contribution is -2.17. The summed E-state index contributed by atoms with van der Waals surface area (Å²) < 4.78 is 45.3. The monoisotopic (exact) mass is 328 g/mol. The van der Waals surface area contributed by atoms with Crippen molar-refractivity contribution in [1.82, 2.24) is 0 Å². The van der Waals surface area contributed by atoms with Crippen LogP contribution in [0.15, 0.2) is 22.7 Å². The van der Waals surface area contributed by atoms with Crippen LogP contribution in [-0.2, 0) is 0 Å². The number of aliphatic hydroxyl groups is 1. The number of rotatable bonds is 5. The van der Waals surface area contributed by atoms with E-state index in [-0.39, 0.29) is 12.4 Å². The Morgan fingerprint density at radius 3 is 2.56 bits per heavy atom. The molecule has 0 radical (unpaired) electrons. The van der Waals surface area contributed by atoms with E-state index in [1.165, 1.54) is 12.1 Å². The van der Waals surface area contributed by atoms with Crippen molar-refractivity contribution in [1.29, 1.82) is 0 Å². The summed E-state index contributed by atoms with van der Waals surface area (Å²) in [6, 6.07) is 3.70. The van der Waals surface area contributed by atoms with Gasteiger partial charge in [0.2, 0.25) is 0 Å². The van der Waals surface area contributed by atoms with E-state index in [1.54, 1.807) is 6.92 Å². The van der Waals surface area contributed by atoms with Crippen molar-refractivity contribution in [2.24, 2.45) is 0 Å². The number of ether oxygens (including phenoxy) is 2. The fourth-order valence-corrected chi connectivity index (χ4v) is 1.61. The summed E-state index contributed by atoms with van der Waals surface area (Å²) in [5, 5.41) is 9.03. The molecule has 0 bridgehead atoms. The molecule has 18 heavy (non-hydrogen) atoms. The third kappa shape index (κ3) is 5.59. The first-order valence-corrected chi connectivity index (χ1v) is 5.93. The fourth-order valence-electron chi connectivity index (χ4n) is 1.14. The van der Waals surface area contributed by atoms with Gasteiger partial charge in [-0.05, 0) is 41.1 Å². The van der Waals surface area contributed by atoms with Gasteiger partial charge in [0.1, 0.15) is 11.5 Å². The second-order valence-electron chi connectivity index (χ2n) is 3.63. The zero-order valence-corrected chi connectivity index (χ0v) is 11.1. The lowest BCUT2D eigenvalue weighted by Gasteiger charge is -2.12. The van der Waals surface area contributed by atoms with E-state index >= 15 is 0 Å². The molecule has 1 aromatic carbocycles. The van der Waals surface area contributed by atoms with Gasteiger partial charge in [-0.2, -0.15) is 0 Å². The zero-order valence-electron chi connectivity index (χ0n) is 9.50. The van der Waals surface area contributed by atoms with Crippen LogP contribution in [0.1, 0.15) is 13.3 Å². The number of hydrogen-bond acceptors (Lipinski definition) is 3. The van der Waals surface area contributed by atoms with Gasteiger partial charge in [-0.25, -0.2) is 0 Å². The van der Waals surface area contributed by atoms with Gasteiger partial charge in [-0.1, -0.05) is 0 Å². The predicted octanol–water partition coefficient (Wildman–Crippen LogP) is 3.50. The summed E-state index contributed by atoms with van der Waals surface area (Å²) in [4.78, 5) is 0. The van der Waals surface area contributed by atoms with Crippen LogP contribution in [0.4, 0.5) is 13.2 Å². The molecule has 0 fully saturated rings. The van der Waals surface area contributed by atoms with E-state index < -0.39 is 12.5 Å². The largest absolute Gasteiger partial charge is 0.573 e. The van der Waals surface area contributed by atoms with E-state index in [0.29, 0.717) is 16.6 Å². The van der Waals surface area contributed by atoms with Crippen LogP contribution in [0.5, 0.6) is 11.5 Å². The van der Waals surface area contributed by atoms with Crippen LogP contribution >= 0.6 is 15.9 Å². The van der Waals surface area contributed by atoms with Crippen molar-refractivity contribution in [3.63, 3.8) is 0 Å². The highest BCUT2D eigenvalue weighted by molar-refractivity contribution is 9.10. The van der Waals surface area contributed by atoms with E-state index in [0.717, 1.165) is 6.07 Å². The van der Waals surface area contributed by atoms with Crippen LogP contribution < -0.4 is 9.47 Å². The molecule has 0 heterocycles. The van der Waals surface area contributed by atoms with E-state index in [4.69, 9.17) is 9.84 Å². The van der Waals surface area contributed by atoms with Crippen molar-refractivity contribution in [2.75, 3.05) is 6.61 Å². The van der Waals surface area contributed by atoms with Crippen LogP contribution in [0.25, 0.3) is 0 Å². The van der Waals surface area contributed by atoms with Gasteiger partial charge in [-0.3, -0.25) is 0 Å². The van der Waals surface area contributed by atoms with Gasteiger partial charge in [0, 0.05) is 6.42 Å². The molecule has 0 saturated carbocycles. The number of hydrogen-bond donors (Lipinski definition) is 1. The average molecular weight is 329 g/mol. The van der Waals surface area contributed by atoms with Gasteiger partial charge in [0.15, 0.2) is 0 Å². The van der Waals surface area contributed by atoms with Crippen LogP contribution in [-0.4, -0.2) is 24.2 Å². The van der Waals surface area contributed by atoms with Crippen molar-refractivity contribution in [2.45, 2.75) is 25.8 Å². The molecule has 1 N–H and O–H groups in total. The molecule has 1 aromatic rings. The highest BCUT2D eigenvalue weighted by Crippen LogP contribution is 2.32. The van der Waals surface area contributed by atoms with Crippen molar-refractivity contribution in [3.8, 4) is 11.5 Å². The average Bonchev–Trinajstić information content (AvgIpc) is 2.18. The Kier molecular flexibility index (Phi) is 5.28. The minimum absolute atomic E-state index is 0.274. The first kappa shape index (κ1) is 15.1. The normalized spacial score (nSPS) is 13.2. The minimum Gasteiger partial charge on any atom is -0.492 e. The lowest BCUT2D eigenvalue weighted by molar-refractivity contribution is -0.274. The second kappa shape index (κ2) is 6.29. The van der Waals surface area contributed by atoms with E-state index in [1.807, 2.05) is 0 Å². The molecule has 1 rings (SSSR count). The Hall–Kier alpha value is -0.950. The third-order valence-corrected chi connectivity index (χ3v) is 2.55. The van der Waals surface area contributed by atoms with E-state index in [9.17, 15) is 13.2 Å². The molecule has 3 nitrogen and oxygen atoms in total. The summed E-state index contributed by atoms with van der Waals surface area (Å²) in [5.74, 6) is 0.0717. The molecule has 0 saturated heterocycles. The maximum absolute atomic E-state index is 12.0. The Labute approximate surface area is 111 Å². The number of halogens is 4. The summed E-state index contributed by atoms with van der Waals surface area (Å²) in [5.41, 5.74) is 0. The zero-order chi connectivity index (χ0) is 13.8. The smallest absolute Gasteiger partial charge is 0.492 e. The molecular weight excluding hydrogens is 317 g/mol. The molecule has 0 aliphatic carbocycles. The first-order valence-electron chi connectivity index (χ1n) is 5.14.